The van der Waals surface area contributed by atoms with Gasteiger partial charge in [-0.25, -0.2) is 9.59 Å². The number of nitrogens with one attached hydrogen (secondary N) is 2. The molecule has 0 aliphatic heterocycles. The molecule has 0 spiro atoms. The van der Waals surface area contributed by atoms with E-state index >= 15 is 0 Å². The van der Waals surface area contributed by atoms with Crippen LogP contribution in [0.1, 0.15) is 13.8 Å². The zero-order valence-electron chi connectivity index (χ0n) is 11.4. The van der Waals surface area contributed by atoms with Gasteiger partial charge in [0.1, 0.15) is 12.1 Å². The van der Waals surface area contributed by atoms with Gasteiger partial charge >= 0.3 is 12.0 Å². The van der Waals surface area contributed by atoms with E-state index in [0.717, 1.165) is 0 Å². The van der Waals surface area contributed by atoms with Crippen LogP contribution in [-0.2, 0) is 9.53 Å². The fourth-order valence-electron chi connectivity index (χ4n) is 1.52. The molecular formula is C14H17N3O3. The predicted molar refractivity (Wildman–Crippen MR) is 73.8 cm³/mol. The van der Waals surface area contributed by atoms with Crippen LogP contribution >= 0.6 is 0 Å². The summed E-state index contributed by atoms with van der Waals surface area (Å²) in [4.78, 5) is 23.5. The monoisotopic (exact) mass is 275 g/mol. The Morgan fingerprint density at radius 3 is 2.50 bits per heavy atom. The van der Waals surface area contributed by atoms with E-state index in [9.17, 15) is 9.59 Å². The van der Waals surface area contributed by atoms with Crippen LogP contribution in [0.5, 0.6) is 0 Å². The van der Waals surface area contributed by atoms with Gasteiger partial charge in [-0.15, -0.1) is 0 Å². The molecule has 106 valence electrons. The van der Waals surface area contributed by atoms with Crippen LogP contribution in [0.2, 0.25) is 0 Å². The van der Waals surface area contributed by atoms with Crippen LogP contribution in [0.3, 0.4) is 0 Å². The van der Waals surface area contributed by atoms with E-state index < -0.39 is 18.0 Å². The number of amides is 2. The first kappa shape index (κ1) is 15.5. The third-order valence-corrected chi connectivity index (χ3v) is 2.52. The van der Waals surface area contributed by atoms with Gasteiger partial charge in [-0.1, -0.05) is 32.0 Å². The lowest BCUT2D eigenvalue weighted by Gasteiger charge is -2.20. The minimum atomic E-state index is -0.799. The Hall–Kier alpha value is -2.55. The first-order valence-electron chi connectivity index (χ1n) is 6.20. The molecule has 0 aliphatic carbocycles. The standard InChI is InChI=1S/C14H17N3O3/c1-10(2)12(13(18)20-9-8-15)17-14(19)16-11-6-4-3-5-7-11/h3-7,10,12H,9H2,1-2H3,(H2,16,17,19)/t12-/m1/s1. The number of ether oxygens (including phenoxy) is 1. The Labute approximate surface area is 117 Å². The largest absolute Gasteiger partial charge is 0.449 e. The normalized spacial score (nSPS) is 11.3. The number of esters is 1. The molecule has 0 bridgehead atoms. The van der Waals surface area contributed by atoms with E-state index in [1.807, 2.05) is 6.07 Å². The molecule has 0 fully saturated rings. The van der Waals surface area contributed by atoms with Crippen molar-refractivity contribution in [2.45, 2.75) is 19.9 Å². The van der Waals surface area contributed by atoms with Crippen LogP contribution in [0.25, 0.3) is 0 Å². The second-order valence-corrected chi connectivity index (χ2v) is 4.45. The second-order valence-electron chi connectivity index (χ2n) is 4.45. The molecule has 0 aliphatic rings. The van der Waals surface area contributed by atoms with E-state index in [-0.39, 0.29) is 12.5 Å². The summed E-state index contributed by atoms with van der Waals surface area (Å²) in [5.74, 6) is -0.771. The summed E-state index contributed by atoms with van der Waals surface area (Å²) in [5, 5.41) is 13.5. The highest BCUT2D eigenvalue weighted by atomic mass is 16.5. The number of carbonyl (C=O) groups excluding carboxylic acids is 2. The number of urea groups is 1. The van der Waals surface area contributed by atoms with E-state index in [2.05, 4.69) is 10.6 Å². The lowest BCUT2D eigenvalue weighted by molar-refractivity contribution is -0.145. The lowest BCUT2D eigenvalue weighted by atomic mass is 10.1. The molecule has 1 rings (SSSR count). The predicted octanol–water partition coefficient (Wildman–Crippen LogP) is 1.90. The van der Waals surface area contributed by atoms with E-state index in [0.29, 0.717) is 5.69 Å². The molecule has 1 aromatic rings. The zero-order valence-corrected chi connectivity index (χ0v) is 11.4. The minimum absolute atomic E-state index is 0.150. The molecule has 0 heterocycles. The summed E-state index contributed by atoms with van der Waals surface area (Å²) >= 11 is 0. The molecule has 0 aromatic heterocycles. The number of anilines is 1. The van der Waals surface area contributed by atoms with Gasteiger partial charge in [0.15, 0.2) is 6.61 Å². The van der Waals surface area contributed by atoms with Crippen molar-refractivity contribution in [3.63, 3.8) is 0 Å². The fraction of sp³-hybridized carbons (Fsp3) is 0.357. The molecule has 1 aromatic carbocycles. The Morgan fingerprint density at radius 1 is 1.30 bits per heavy atom. The Morgan fingerprint density at radius 2 is 1.95 bits per heavy atom. The van der Waals surface area contributed by atoms with Crippen molar-refractivity contribution < 1.29 is 14.3 Å². The zero-order chi connectivity index (χ0) is 15.0. The summed E-state index contributed by atoms with van der Waals surface area (Å²) in [5.41, 5.74) is 0.623. The third-order valence-electron chi connectivity index (χ3n) is 2.52. The molecule has 2 amide bonds. The summed E-state index contributed by atoms with van der Waals surface area (Å²) < 4.78 is 4.72. The van der Waals surface area contributed by atoms with Crippen LogP contribution in [0, 0.1) is 17.2 Å². The maximum atomic E-state index is 11.8. The lowest BCUT2D eigenvalue weighted by Crippen LogP contribution is -2.47. The van der Waals surface area contributed by atoms with Crippen molar-refractivity contribution in [2.24, 2.45) is 5.92 Å². The molecule has 2 N–H and O–H groups in total. The highest BCUT2D eigenvalue weighted by molar-refractivity contribution is 5.92. The number of carbonyl (C=O) groups is 2. The van der Waals surface area contributed by atoms with Crippen molar-refractivity contribution in [2.75, 3.05) is 11.9 Å². The molecule has 1 atom stereocenters. The molecule has 6 nitrogen and oxygen atoms in total. The number of para-hydroxylation sites is 1. The van der Waals surface area contributed by atoms with Crippen LogP contribution in [0.4, 0.5) is 10.5 Å². The minimum Gasteiger partial charge on any atom is -0.449 e. The van der Waals surface area contributed by atoms with E-state index in [1.54, 1.807) is 44.2 Å². The highest BCUT2D eigenvalue weighted by Gasteiger charge is 2.25. The Balaban J connectivity index is 2.59. The number of hydrogen-bond acceptors (Lipinski definition) is 4. The molecule has 0 saturated heterocycles. The van der Waals surface area contributed by atoms with Gasteiger partial charge in [0, 0.05) is 5.69 Å². The third kappa shape index (κ3) is 4.98. The number of nitriles is 1. The Bertz CT molecular complexity index is 494. The average Bonchev–Trinajstić information content (AvgIpc) is 2.43. The maximum absolute atomic E-state index is 11.8. The molecular weight excluding hydrogens is 258 g/mol. The van der Waals surface area contributed by atoms with Crippen LogP contribution in [-0.4, -0.2) is 24.6 Å². The SMILES string of the molecule is CC(C)[C@@H](NC(=O)Nc1ccccc1)C(=O)OCC#N. The topological polar surface area (TPSA) is 91.2 Å². The average molecular weight is 275 g/mol. The Kier molecular flexibility index (Phi) is 6.04. The second kappa shape index (κ2) is 7.79. The summed E-state index contributed by atoms with van der Waals surface area (Å²) in [6.07, 6.45) is 0. The maximum Gasteiger partial charge on any atom is 0.329 e. The quantitative estimate of drug-likeness (QED) is 0.803. The molecule has 0 radical (unpaired) electrons. The number of benzene rings is 1. The molecule has 6 heteroatoms. The molecule has 0 unspecified atom stereocenters. The van der Waals surface area contributed by atoms with Crippen LogP contribution in [0.15, 0.2) is 30.3 Å². The number of nitrogens with zero attached hydrogens (tertiary/aromatic N) is 1. The molecule has 20 heavy (non-hydrogen) atoms. The molecule has 0 saturated carbocycles. The first-order valence-corrected chi connectivity index (χ1v) is 6.20. The van der Waals surface area contributed by atoms with Gasteiger partial charge in [-0.3, -0.25) is 0 Å². The highest BCUT2D eigenvalue weighted by Crippen LogP contribution is 2.07. The summed E-state index contributed by atoms with van der Waals surface area (Å²) in [7, 11) is 0. The summed E-state index contributed by atoms with van der Waals surface area (Å²) in [6, 6.07) is 9.30. The van der Waals surface area contributed by atoms with Gasteiger partial charge in [-0.05, 0) is 18.1 Å². The van der Waals surface area contributed by atoms with Gasteiger partial charge in [-0.2, -0.15) is 5.26 Å². The van der Waals surface area contributed by atoms with Crippen molar-refractivity contribution in [1.82, 2.24) is 5.32 Å². The van der Waals surface area contributed by atoms with Crippen LogP contribution < -0.4 is 10.6 Å². The van der Waals surface area contributed by atoms with Gasteiger partial charge in [0.25, 0.3) is 0 Å². The van der Waals surface area contributed by atoms with Crippen molar-refractivity contribution in [3.8, 4) is 6.07 Å². The van der Waals surface area contributed by atoms with Gasteiger partial charge in [0.05, 0.1) is 0 Å². The number of hydrogen-bond donors (Lipinski definition) is 2. The van der Waals surface area contributed by atoms with E-state index in [1.165, 1.54) is 0 Å². The van der Waals surface area contributed by atoms with E-state index in [4.69, 9.17) is 10.00 Å². The van der Waals surface area contributed by atoms with Crippen molar-refractivity contribution >= 4 is 17.7 Å². The first-order chi connectivity index (χ1) is 9.54. The summed E-state index contributed by atoms with van der Waals surface area (Å²) in [6.45, 7) is 3.23. The van der Waals surface area contributed by atoms with Gasteiger partial charge < -0.3 is 15.4 Å². The van der Waals surface area contributed by atoms with Gasteiger partial charge in [0.2, 0.25) is 0 Å². The number of rotatable bonds is 5. The van der Waals surface area contributed by atoms with Crippen molar-refractivity contribution in [1.29, 1.82) is 5.26 Å². The fourth-order valence-corrected chi connectivity index (χ4v) is 1.52. The van der Waals surface area contributed by atoms with Crippen molar-refractivity contribution in [3.05, 3.63) is 30.3 Å². The smallest absolute Gasteiger partial charge is 0.329 e.